The van der Waals surface area contributed by atoms with Gasteiger partial charge in [-0.3, -0.25) is 4.79 Å². The maximum atomic E-state index is 11.9. The molecule has 2 spiro atoms. The summed E-state index contributed by atoms with van der Waals surface area (Å²) in [6.07, 6.45) is 10.8. The summed E-state index contributed by atoms with van der Waals surface area (Å²) in [6.45, 7) is 17.9. The molecule has 0 unspecified atom stereocenters. The van der Waals surface area contributed by atoms with Crippen molar-refractivity contribution in [3.8, 4) is 0 Å². The minimum Gasteiger partial charge on any atom is -0.459 e. The maximum Gasteiger partial charge on any atom is 0.303 e. The predicted molar refractivity (Wildman–Crippen MR) is 143 cm³/mol. The van der Waals surface area contributed by atoms with Gasteiger partial charge in [0.15, 0.2) is 0 Å². The highest BCUT2D eigenvalue weighted by Gasteiger charge is 2.86. The number of hydrogen-bond donors (Lipinski definition) is 2. The van der Waals surface area contributed by atoms with E-state index in [1.54, 1.807) is 0 Å². The van der Waals surface area contributed by atoms with Gasteiger partial charge in [-0.15, -0.1) is 0 Å². The van der Waals surface area contributed by atoms with Gasteiger partial charge in [0.2, 0.25) is 0 Å². The Hall–Kier alpha value is -0.870. The first-order valence-corrected chi connectivity index (χ1v) is 14.9. The summed E-state index contributed by atoms with van der Waals surface area (Å²) >= 11 is 0. The van der Waals surface area contributed by atoms with Gasteiger partial charge in [-0.25, -0.2) is 0 Å². The van der Waals surface area contributed by atoms with Gasteiger partial charge in [-0.1, -0.05) is 46.3 Å². The van der Waals surface area contributed by atoms with Crippen LogP contribution in [0.1, 0.15) is 113 Å². The monoisotopic (exact) mass is 500 g/mol. The van der Waals surface area contributed by atoms with Crippen molar-refractivity contribution in [2.45, 2.75) is 131 Å². The standard InChI is InChI=1S/C32H52O4/c1-19(2)10-9-11-20(3)22-14-15-30(8)24-13-12-23-28(5,6)27(36-21(4)33)25(34)26(35)32(23)18-31(24,32)17-16-29(22,30)7/h10,20,22-27,34-35H,9,11-18H2,1-8H3/t20-,22-,23+,24+,25-,26+,27+,29-,30+,31+,32-/m1/s1. The highest BCUT2D eigenvalue weighted by Crippen LogP contribution is 2.89. The third kappa shape index (κ3) is 3.22. The molecule has 2 N–H and O–H groups in total. The number of hydrogen-bond acceptors (Lipinski definition) is 4. The van der Waals surface area contributed by atoms with Crippen molar-refractivity contribution >= 4 is 5.97 Å². The zero-order valence-corrected chi connectivity index (χ0v) is 24.2. The van der Waals surface area contributed by atoms with Crippen LogP contribution in [0.3, 0.4) is 0 Å². The lowest BCUT2D eigenvalue weighted by Gasteiger charge is -2.64. The molecule has 0 saturated heterocycles. The topological polar surface area (TPSA) is 66.8 Å². The van der Waals surface area contributed by atoms with Gasteiger partial charge in [-0.05, 0) is 112 Å². The van der Waals surface area contributed by atoms with Crippen LogP contribution in [0.4, 0.5) is 0 Å². The molecule has 5 saturated carbocycles. The van der Waals surface area contributed by atoms with Crippen molar-refractivity contribution in [3.05, 3.63) is 11.6 Å². The van der Waals surface area contributed by atoms with E-state index in [0.717, 1.165) is 24.7 Å². The molecule has 0 aliphatic heterocycles. The molecule has 204 valence electrons. The molecule has 0 heterocycles. The fourth-order valence-corrected chi connectivity index (χ4v) is 11.6. The third-order valence-electron chi connectivity index (χ3n) is 13.3. The van der Waals surface area contributed by atoms with Crippen molar-refractivity contribution in [1.82, 2.24) is 0 Å². The van der Waals surface area contributed by atoms with Gasteiger partial charge < -0.3 is 14.9 Å². The average molecular weight is 501 g/mol. The van der Waals surface area contributed by atoms with Crippen LogP contribution in [0.2, 0.25) is 0 Å². The first kappa shape index (κ1) is 26.7. The van der Waals surface area contributed by atoms with Crippen LogP contribution in [0, 0.1) is 50.7 Å². The van der Waals surface area contributed by atoms with Crippen molar-refractivity contribution < 1.29 is 19.7 Å². The summed E-state index contributed by atoms with van der Waals surface area (Å²) in [7, 11) is 0. The fraction of sp³-hybridized carbons (Fsp3) is 0.906. The lowest BCUT2D eigenvalue weighted by molar-refractivity contribution is -0.244. The number of esters is 1. The molecule has 5 rings (SSSR count). The Morgan fingerprint density at radius 3 is 2.28 bits per heavy atom. The second-order valence-electron chi connectivity index (χ2n) is 15.2. The zero-order valence-electron chi connectivity index (χ0n) is 24.2. The summed E-state index contributed by atoms with van der Waals surface area (Å²) in [5, 5.41) is 23.1. The number of aliphatic hydroxyl groups excluding tert-OH is 2. The number of fused-ring (bicyclic) bond motifs is 2. The molecule has 36 heavy (non-hydrogen) atoms. The molecule has 0 radical (unpaired) electrons. The third-order valence-corrected chi connectivity index (χ3v) is 13.3. The SMILES string of the molecule is CC(=O)O[C@H]1[C@H](O)[C@H](O)[C@]23C[C@]24CC[C@]2(C)[C@@H]([C@H](C)CCC=C(C)C)CC[C@@]2(C)[C@@H]4CC[C@H]3C1(C)C. The van der Waals surface area contributed by atoms with Crippen LogP contribution < -0.4 is 0 Å². The van der Waals surface area contributed by atoms with E-state index in [9.17, 15) is 15.0 Å². The minimum absolute atomic E-state index is 0.128. The first-order chi connectivity index (χ1) is 16.7. The molecule has 0 aromatic rings. The van der Waals surface area contributed by atoms with Crippen molar-refractivity contribution in [3.63, 3.8) is 0 Å². The number of carbonyl (C=O) groups is 1. The highest BCUT2D eigenvalue weighted by atomic mass is 16.6. The van der Waals surface area contributed by atoms with Gasteiger partial charge in [-0.2, -0.15) is 0 Å². The van der Waals surface area contributed by atoms with E-state index in [2.05, 4.69) is 54.5 Å². The van der Waals surface area contributed by atoms with Crippen LogP contribution in [0.15, 0.2) is 11.6 Å². The molecular formula is C32H52O4. The van der Waals surface area contributed by atoms with E-state index < -0.39 is 18.3 Å². The smallest absolute Gasteiger partial charge is 0.303 e. The summed E-state index contributed by atoms with van der Waals surface area (Å²) < 4.78 is 5.67. The van der Waals surface area contributed by atoms with E-state index in [1.807, 2.05) is 0 Å². The highest BCUT2D eigenvalue weighted by molar-refractivity contribution is 5.66. The van der Waals surface area contributed by atoms with Gasteiger partial charge >= 0.3 is 5.97 Å². The first-order valence-electron chi connectivity index (χ1n) is 14.9. The van der Waals surface area contributed by atoms with Crippen LogP contribution in [-0.4, -0.2) is 34.5 Å². The summed E-state index contributed by atoms with van der Waals surface area (Å²) in [6, 6.07) is 0. The van der Waals surface area contributed by atoms with Crippen LogP contribution >= 0.6 is 0 Å². The van der Waals surface area contributed by atoms with E-state index in [4.69, 9.17) is 4.74 Å². The molecule has 5 aliphatic rings. The maximum absolute atomic E-state index is 11.9. The molecule has 5 aliphatic carbocycles. The average Bonchev–Trinajstić information content (AvgIpc) is 3.40. The summed E-state index contributed by atoms with van der Waals surface area (Å²) in [5.74, 6) is 2.02. The molecule has 0 bridgehead atoms. The largest absolute Gasteiger partial charge is 0.459 e. The quantitative estimate of drug-likeness (QED) is 0.326. The van der Waals surface area contributed by atoms with E-state index >= 15 is 0 Å². The Bertz CT molecular complexity index is 934. The van der Waals surface area contributed by atoms with E-state index in [0.29, 0.717) is 11.3 Å². The number of ether oxygens (including phenoxy) is 1. The normalized spacial score (nSPS) is 51.2. The van der Waals surface area contributed by atoms with E-state index in [1.165, 1.54) is 57.4 Å². The molecule has 4 heteroatoms. The molecule has 4 nitrogen and oxygen atoms in total. The van der Waals surface area contributed by atoms with Gasteiger partial charge in [0.25, 0.3) is 0 Å². The van der Waals surface area contributed by atoms with Crippen molar-refractivity contribution in [1.29, 1.82) is 0 Å². The number of rotatable bonds is 5. The number of carbonyl (C=O) groups excluding carboxylic acids is 1. The Kier molecular flexibility index (Phi) is 6.17. The zero-order chi connectivity index (χ0) is 26.5. The van der Waals surface area contributed by atoms with Crippen LogP contribution in [0.25, 0.3) is 0 Å². The lowest BCUT2D eigenvalue weighted by atomic mass is 9.41. The summed E-state index contributed by atoms with van der Waals surface area (Å²) in [5.41, 5.74) is 1.61. The Morgan fingerprint density at radius 1 is 0.972 bits per heavy atom. The second-order valence-corrected chi connectivity index (χ2v) is 15.2. The van der Waals surface area contributed by atoms with Crippen molar-refractivity contribution in [2.24, 2.45) is 50.7 Å². The summed E-state index contributed by atoms with van der Waals surface area (Å²) in [4.78, 5) is 11.9. The molecule has 5 fully saturated rings. The minimum atomic E-state index is -1.01. The predicted octanol–water partition coefficient (Wildman–Crippen LogP) is 6.68. The fourth-order valence-electron chi connectivity index (χ4n) is 11.6. The molecule has 11 atom stereocenters. The van der Waals surface area contributed by atoms with Crippen molar-refractivity contribution in [2.75, 3.05) is 0 Å². The number of aliphatic hydroxyl groups is 2. The Labute approximate surface area is 219 Å². The Balaban J connectivity index is 1.44. The van der Waals surface area contributed by atoms with Crippen LogP contribution in [0.5, 0.6) is 0 Å². The molecule has 0 amide bonds. The second kappa shape index (κ2) is 8.31. The molecule has 0 aromatic heterocycles. The molecular weight excluding hydrogens is 448 g/mol. The van der Waals surface area contributed by atoms with Gasteiger partial charge in [0.1, 0.15) is 12.2 Å². The van der Waals surface area contributed by atoms with Gasteiger partial charge in [0.05, 0.1) is 6.10 Å². The molecule has 0 aromatic carbocycles. The van der Waals surface area contributed by atoms with Gasteiger partial charge in [0, 0.05) is 17.8 Å². The lowest BCUT2D eigenvalue weighted by Crippen LogP contribution is -2.66. The van der Waals surface area contributed by atoms with E-state index in [-0.39, 0.29) is 33.5 Å². The number of allylic oxidation sites excluding steroid dienone is 2. The van der Waals surface area contributed by atoms with Crippen LogP contribution in [-0.2, 0) is 9.53 Å². The Morgan fingerprint density at radius 2 is 1.64 bits per heavy atom.